The van der Waals surface area contributed by atoms with Crippen LogP contribution in [0.4, 0.5) is 13.6 Å². The van der Waals surface area contributed by atoms with Gasteiger partial charge in [0.05, 0.1) is 12.0 Å². The van der Waals surface area contributed by atoms with Gasteiger partial charge in [-0.05, 0) is 12.5 Å². The number of halogens is 2. The minimum Gasteiger partial charge on any atom is -0.481 e. The predicted octanol–water partition coefficient (Wildman–Crippen LogP) is 2.76. The van der Waals surface area contributed by atoms with Crippen LogP contribution in [-0.2, 0) is 16.1 Å². The molecule has 1 aliphatic rings. The maximum atomic E-state index is 13.7. The Hall–Kier alpha value is -2.18. The van der Waals surface area contributed by atoms with Crippen molar-refractivity contribution in [3.63, 3.8) is 0 Å². The van der Waals surface area contributed by atoms with E-state index in [2.05, 4.69) is 0 Å². The predicted molar refractivity (Wildman–Crippen MR) is 73.5 cm³/mol. The van der Waals surface area contributed by atoms with Crippen molar-refractivity contribution in [2.45, 2.75) is 25.9 Å². The summed E-state index contributed by atoms with van der Waals surface area (Å²) >= 11 is 0. The number of nitrogens with zero attached hydrogens (tertiary/aromatic N) is 1. The molecular formula is C15H17F2NO4. The van der Waals surface area contributed by atoms with Crippen LogP contribution < -0.4 is 0 Å². The molecule has 1 fully saturated rings. The molecule has 0 aliphatic carbocycles. The summed E-state index contributed by atoms with van der Waals surface area (Å²) in [4.78, 5) is 23.9. The third-order valence-electron chi connectivity index (χ3n) is 3.59. The Bertz CT molecular complexity index is 564. The number of carbonyl (C=O) groups is 2. The molecule has 1 atom stereocenters. The smallest absolute Gasteiger partial charge is 0.410 e. The molecule has 0 spiro atoms. The van der Waals surface area contributed by atoms with Crippen LogP contribution in [-0.4, -0.2) is 41.1 Å². The number of ether oxygens (including phenoxy) is 1. The molecule has 1 heterocycles. The van der Waals surface area contributed by atoms with Crippen LogP contribution in [0, 0.1) is 5.41 Å². The zero-order valence-electron chi connectivity index (χ0n) is 12.1. The maximum Gasteiger partial charge on any atom is 0.410 e. The van der Waals surface area contributed by atoms with Crippen molar-refractivity contribution in [3.05, 3.63) is 35.9 Å². The molecule has 1 aromatic carbocycles. The number of carboxylic acids is 1. The van der Waals surface area contributed by atoms with Crippen molar-refractivity contribution in [3.8, 4) is 0 Å². The van der Waals surface area contributed by atoms with Crippen molar-refractivity contribution in [2.24, 2.45) is 5.41 Å². The van der Waals surface area contributed by atoms with Crippen LogP contribution in [0.2, 0.25) is 0 Å². The molecule has 1 aliphatic heterocycles. The van der Waals surface area contributed by atoms with Crippen molar-refractivity contribution in [2.75, 3.05) is 13.1 Å². The Morgan fingerprint density at radius 1 is 1.27 bits per heavy atom. The van der Waals surface area contributed by atoms with Gasteiger partial charge in [0.25, 0.3) is 5.92 Å². The van der Waals surface area contributed by atoms with E-state index >= 15 is 0 Å². The summed E-state index contributed by atoms with van der Waals surface area (Å²) in [6.07, 6.45) is -1.73. The Morgan fingerprint density at radius 2 is 1.91 bits per heavy atom. The fourth-order valence-corrected chi connectivity index (χ4v) is 2.52. The van der Waals surface area contributed by atoms with Gasteiger partial charge in [0.15, 0.2) is 0 Å². The largest absolute Gasteiger partial charge is 0.481 e. The van der Waals surface area contributed by atoms with E-state index in [1.807, 2.05) is 0 Å². The number of benzene rings is 1. The van der Waals surface area contributed by atoms with Gasteiger partial charge in [-0.3, -0.25) is 4.79 Å². The lowest BCUT2D eigenvalue weighted by Crippen LogP contribution is -2.56. The molecule has 0 saturated carbocycles. The molecule has 1 unspecified atom stereocenters. The van der Waals surface area contributed by atoms with Crippen LogP contribution in [0.15, 0.2) is 30.3 Å². The van der Waals surface area contributed by atoms with Gasteiger partial charge >= 0.3 is 12.1 Å². The second-order valence-electron chi connectivity index (χ2n) is 5.79. The minimum absolute atomic E-state index is 0.0501. The fraction of sp³-hybridized carbons (Fsp3) is 0.467. The second-order valence-corrected chi connectivity index (χ2v) is 5.79. The number of hydrogen-bond donors (Lipinski definition) is 1. The Labute approximate surface area is 126 Å². The normalized spacial score (nSPS) is 23.9. The first-order valence-corrected chi connectivity index (χ1v) is 6.79. The highest BCUT2D eigenvalue weighted by molar-refractivity contribution is 5.76. The lowest BCUT2D eigenvalue weighted by molar-refractivity contribution is -0.164. The van der Waals surface area contributed by atoms with Gasteiger partial charge in [-0.1, -0.05) is 30.3 Å². The van der Waals surface area contributed by atoms with Gasteiger partial charge in [-0.15, -0.1) is 0 Å². The molecule has 5 nitrogen and oxygen atoms in total. The summed E-state index contributed by atoms with van der Waals surface area (Å²) in [5, 5.41) is 9.13. The lowest BCUT2D eigenvalue weighted by atomic mass is 9.80. The van der Waals surface area contributed by atoms with Crippen molar-refractivity contribution in [1.82, 2.24) is 4.90 Å². The van der Waals surface area contributed by atoms with Gasteiger partial charge in [0.2, 0.25) is 0 Å². The van der Waals surface area contributed by atoms with Crippen molar-refractivity contribution >= 4 is 12.1 Å². The van der Waals surface area contributed by atoms with Gasteiger partial charge < -0.3 is 14.7 Å². The van der Waals surface area contributed by atoms with E-state index in [0.29, 0.717) is 0 Å². The van der Waals surface area contributed by atoms with Crippen LogP contribution in [0.3, 0.4) is 0 Å². The summed E-state index contributed by atoms with van der Waals surface area (Å²) in [6, 6.07) is 8.80. The molecule has 1 aromatic rings. The average Bonchev–Trinajstić information content (AvgIpc) is 2.43. The minimum atomic E-state index is -3.25. The van der Waals surface area contributed by atoms with E-state index in [1.54, 1.807) is 30.3 Å². The summed E-state index contributed by atoms with van der Waals surface area (Å²) in [5.74, 6) is -4.61. The quantitative estimate of drug-likeness (QED) is 0.932. The molecule has 0 radical (unpaired) electrons. The van der Waals surface area contributed by atoms with E-state index in [4.69, 9.17) is 9.84 Å². The molecule has 1 amide bonds. The first-order valence-electron chi connectivity index (χ1n) is 6.79. The Balaban J connectivity index is 2.03. The third kappa shape index (κ3) is 3.72. The number of amides is 1. The number of hydrogen-bond acceptors (Lipinski definition) is 3. The molecule has 120 valence electrons. The molecular weight excluding hydrogens is 296 g/mol. The number of alkyl halides is 2. The molecule has 1 N–H and O–H groups in total. The van der Waals surface area contributed by atoms with Crippen molar-refractivity contribution < 1.29 is 28.2 Å². The van der Waals surface area contributed by atoms with Crippen LogP contribution in [0.25, 0.3) is 0 Å². The summed E-state index contributed by atoms with van der Waals surface area (Å²) in [6.45, 7) is 0.0282. The molecule has 2 rings (SSSR count). The average molecular weight is 313 g/mol. The number of carboxylic acid groups (broad SMARTS) is 1. The van der Waals surface area contributed by atoms with Gasteiger partial charge in [0, 0.05) is 13.0 Å². The fourth-order valence-electron chi connectivity index (χ4n) is 2.52. The van der Waals surface area contributed by atoms with E-state index in [0.717, 1.165) is 10.5 Å². The number of piperidine rings is 1. The van der Waals surface area contributed by atoms with Crippen LogP contribution in [0.1, 0.15) is 18.9 Å². The van der Waals surface area contributed by atoms with E-state index in [1.165, 1.54) is 6.92 Å². The zero-order chi connectivity index (χ0) is 16.4. The molecule has 0 aromatic heterocycles. The highest BCUT2D eigenvalue weighted by Gasteiger charge is 2.52. The standard InChI is InChI=1S/C15H17F2NO4/c1-14(12(19)20)8-15(16,17)10-18(9-14)13(21)22-7-11-5-3-2-4-6-11/h2-6H,7-10H2,1H3,(H,19,20). The maximum absolute atomic E-state index is 13.7. The van der Waals surface area contributed by atoms with Gasteiger partial charge in [-0.25, -0.2) is 13.6 Å². The first kappa shape index (κ1) is 16.2. The topological polar surface area (TPSA) is 66.8 Å². The SMILES string of the molecule is CC1(C(=O)O)CN(C(=O)OCc2ccccc2)CC(F)(F)C1. The number of rotatable bonds is 3. The number of aliphatic carboxylic acids is 1. The van der Waals surface area contributed by atoms with Gasteiger partial charge in [0.1, 0.15) is 6.61 Å². The molecule has 1 saturated heterocycles. The number of likely N-dealkylation sites (tertiary alicyclic amines) is 1. The van der Waals surface area contributed by atoms with Gasteiger partial charge in [-0.2, -0.15) is 0 Å². The van der Waals surface area contributed by atoms with E-state index in [9.17, 15) is 18.4 Å². The zero-order valence-corrected chi connectivity index (χ0v) is 12.1. The lowest BCUT2D eigenvalue weighted by Gasteiger charge is -2.40. The van der Waals surface area contributed by atoms with E-state index < -0.39 is 36.4 Å². The molecule has 0 bridgehead atoms. The summed E-state index contributed by atoms with van der Waals surface area (Å²) in [5.41, 5.74) is -0.964. The first-order chi connectivity index (χ1) is 10.2. The summed E-state index contributed by atoms with van der Waals surface area (Å²) < 4.78 is 32.4. The highest BCUT2D eigenvalue weighted by Crippen LogP contribution is 2.39. The van der Waals surface area contributed by atoms with Crippen LogP contribution >= 0.6 is 0 Å². The summed E-state index contributed by atoms with van der Waals surface area (Å²) in [7, 11) is 0. The van der Waals surface area contributed by atoms with E-state index in [-0.39, 0.29) is 13.2 Å². The Kier molecular flexibility index (Phi) is 4.35. The monoisotopic (exact) mass is 313 g/mol. The van der Waals surface area contributed by atoms with Crippen molar-refractivity contribution in [1.29, 1.82) is 0 Å². The van der Waals surface area contributed by atoms with Crippen LogP contribution in [0.5, 0.6) is 0 Å². The third-order valence-corrected chi connectivity index (χ3v) is 3.59. The highest BCUT2D eigenvalue weighted by atomic mass is 19.3. The second kappa shape index (κ2) is 5.90. The number of carbonyl (C=O) groups excluding carboxylic acids is 1. The Morgan fingerprint density at radius 3 is 2.50 bits per heavy atom. The molecule has 22 heavy (non-hydrogen) atoms. The molecule has 7 heteroatoms.